The van der Waals surface area contributed by atoms with Gasteiger partial charge in [0.1, 0.15) is 0 Å². The average molecular weight is 343 g/mol. The molecule has 1 aliphatic rings. The number of hydrogen-bond acceptors (Lipinski definition) is 4. The lowest BCUT2D eigenvalue weighted by molar-refractivity contribution is 0.0600. The Labute approximate surface area is 145 Å². The van der Waals surface area contributed by atoms with E-state index in [2.05, 4.69) is 21.5 Å². The van der Waals surface area contributed by atoms with Gasteiger partial charge in [-0.3, -0.25) is 4.79 Å². The lowest BCUT2D eigenvalue weighted by Gasteiger charge is -2.24. The van der Waals surface area contributed by atoms with Gasteiger partial charge in [0, 0.05) is 10.4 Å². The molecule has 1 aromatic heterocycles. The lowest BCUT2D eigenvalue weighted by atomic mass is 9.96. The number of hydrogen-bond donors (Lipinski definition) is 1. The van der Waals surface area contributed by atoms with Gasteiger partial charge in [-0.1, -0.05) is 18.9 Å². The van der Waals surface area contributed by atoms with Crippen molar-refractivity contribution in [1.29, 1.82) is 0 Å². The van der Waals surface area contributed by atoms with Crippen molar-refractivity contribution in [2.24, 2.45) is 5.92 Å². The van der Waals surface area contributed by atoms with Gasteiger partial charge in [-0.15, -0.1) is 11.3 Å². The first-order chi connectivity index (χ1) is 11.7. The van der Waals surface area contributed by atoms with Crippen LogP contribution in [0.25, 0.3) is 0 Å². The highest BCUT2D eigenvalue weighted by Gasteiger charge is 2.28. The van der Waals surface area contributed by atoms with Gasteiger partial charge in [-0.05, 0) is 54.5 Å². The first-order valence-corrected chi connectivity index (χ1v) is 9.09. The zero-order valence-electron chi connectivity index (χ0n) is 13.7. The SMILES string of the molecule is COC(=O)c1ccc(C(=O)NC(c2cccs2)C2CCCC2)cc1. The van der Waals surface area contributed by atoms with Crippen molar-refractivity contribution in [2.45, 2.75) is 31.7 Å². The summed E-state index contributed by atoms with van der Waals surface area (Å²) in [6.07, 6.45) is 4.78. The number of methoxy groups -OCH3 is 1. The maximum Gasteiger partial charge on any atom is 0.337 e. The average Bonchev–Trinajstić information content (AvgIpc) is 3.32. The van der Waals surface area contributed by atoms with Crippen LogP contribution in [0.1, 0.15) is 57.3 Å². The molecule has 1 aliphatic carbocycles. The molecule has 0 aliphatic heterocycles. The van der Waals surface area contributed by atoms with E-state index in [0.717, 1.165) is 12.8 Å². The molecule has 1 unspecified atom stereocenters. The standard InChI is InChI=1S/C19H21NO3S/c1-23-19(22)15-10-8-14(9-11-15)18(21)20-17(13-5-2-3-6-13)16-7-4-12-24-16/h4,7-13,17H,2-3,5-6H2,1H3,(H,20,21). The number of esters is 1. The zero-order chi connectivity index (χ0) is 16.9. The van der Waals surface area contributed by atoms with Crippen molar-refractivity contribution in [1.82, 2.24) is 5.32 Å². The number of benzene rings is 1. The Balaban J connectivity index is 1.74. The summed E-state index contributed by atoms with van der Waals surface area (Å²) in [5, 5.41) is 5.25. The number of carbonyl (C=O) groups is 2. The van der Waals surface area contributed by atoms with Crippen molar-refractivity contribution in [3.05, 3.63) is 57.8 Å². The Bertz CT molecular complexity index is 688. The summed E-state index contributed by atoms with van der Waals surface area (Å²) < 4.78 is 4.68. The highest BCUT2D eigenvalue weighted by atomic mass is 32.1. The van der Waals surface area contributed by atoms with E-state index in [-0.39, 0.29) is 11.9 Å². The van der Waals surface area contributed by atoms with Crippen LogP contribution < -0.4 is 5.32 Å². The van der Waals surface area contributed by atoms with Crippen LogP contribution >= 0.6 is 11.3 Å². The molecule has 1 saturated carbocycles. The molecule has 1 N–H and O–H groups in total. The van der Waals surface area contributed by atoms with Crippen LogP contribution in [0.5, 0.6) is 0 Å². The minimum Gasteiger partial charge on any atom is -0.465 e. The molecule has 2 aromatic rings. The van der Waals surface area contributed by atoms with Crippen LogP contribution in [-0.2, 0) is 4.74 Å². The molecule has 1 amide bonds. The van der Waals surface area contributed by atoms with E-state index in [9.17, 15) is 9.59 Å². The summed E-state index contributed by atoms with van der Waals surface area (Å²) in [4.78, 5) is 25.3. The fraction of sp³-hybridized carbons (Fsp3) is 0.368. The lowest BCUT2D eigenvalue weighted by Crippen LogP contribution is -2.32. The van der Waals surface area contributed by atoms with Crippen LogP contribution in [-0.4, -0.2) is 19.0 Å². The van der Waals surface area contributed by atoms with Crippen LogP contribution in [0.2, 0.25) is 0 Å². The molecule has 1 aromatic carbocycles. The van der Waals surface area contributed by atoms with Crippen molar-refractivity contribution >= 4 is 23.2 Å². The van der Waals surface area contributed by atoms with Crippen LogP contribution in [0.15, 0.2) is 41.8 Å². The summed E-state index contributed by atoms with van der Waals surface area (Å²) in [6, 6.07) is 10.8. The van der Waals surface area contributed by atoms with E-state index in [4.69, 9.17) is 0 Å². The largest absolute Gasteiger partial charge is 0.465 e. The van der Waals surface area contributed by atoms with Crippen LogP contribution in [0, 0.1) is 5.92 Å². The van der Waals surface area contributed by atoms with E-state index >= 15 is 0 Å². The van der Waals surface area contributed by atoms with E-state index in [0.29, 0.717) is 17.0 Å². The molecular formula is C19H21NO3S. The van der Waals surface area contributed by atoms with Gasteiger partial charge in [-0.25, -0.2) is 4.79 Å². The molecule has 0 saturated heterocycles. The van der Waals surface area contributed by atoms with Gasteiger partial charge in [0.15, 0.2) is 0 Å². The van der Waals surface area contributed by atoms with Gasteiger partial charge < -0.3 is 10.1 Å². The summed E-state index contributed by atoms with van der Waals surface area (Å²) in [6.45, 7) is 0. The van der Waals surface area contributed by atoms with E-state index < -0.39 is 5.97 Å². The molecule has 4 nitrogen and oxygen atoms in total. The molecule has 5 heteroatoms. The third-order valence-electron chi connectivity index (χ3n) is 4.58. The minimum atomic E-state index is -0.399. The fourth-order valence-electron chi connectivity index (χ4n) is 3.28. The Morgan fingerprint density at radius 2 is 1.79 bits per heavy atom. The maximum absolute atomic E-state index is 12.6. The van der Waals surface area contributed by atoms with E-state index in [1.165, 1.54) is 24.8 Å². The van der Waals surface area contributed by atoms with Crippen LogP contribution in [0.3, 0.4) is 0 Å². The normalized spacial score (nSPS) is 15.9. The van der Waals surface area contributed by atoms with Gasteiger partial charge in [0.2, 0.25) is 0 Å². The molecular weight excluding hydrogens is 322 g/mol. The number of rotatable bonds is 5. The molecule has 0 spiro atoms. The second-order valence-electron chi connectivity index (χ2n) is 6.08. The Kier molecular flexibility index (Phi) is 5.30. The quantitative estimate of drug-likeness (QED) is 0.828. The van der Waals surface area contributed by atoms with E-state index in [1.807, 2.05) is 6.07 Å². The maximum atomic E-state index is 12.6. The molecule has 0 radical (unpaired) electrons. The summed E-state index contributed by atoms with van der Waals surface area (Å²) >= 11 is 1.69. The monoisotopic (exact) mass is 343 g/mol. The number of nitrogens with one attached hydrogen (secondary N) is 1. The second-order valence-corrected chi connectivity index (χ2v) is 7.06. The summed E-state index contributed by atoms with van der Waals surface area (Å²) in [5.41, 5.74) is 1.00. The van der Waals surface area contributed by atoms with Crippen molar-refractivity contribution < 1.29 is 14.3 Å². The van der Waals surface area contributed by atoms with Gasteiger partial charge in [0.25, 0.3) is 5.91 Å². The zero-order valence-corrected chi connectivity index (χ0v) is 14.5. The van der Waals surface area contributed by atoms with Gasteiger partial charge in [0.05, 0.1) is 18.7 Å². The van der Waals surface area contributed by atoms with Crippen LogP contribution in [0.4, 0.5) is 0 Å². The highest BCUT2D eigenvalue weighted by molar-refractivity contribution is 7.10. The minimum absolute atomic E-state index is 0.0697. The Hall–Kier alpha value is -2.14. The van der Waals surface area contributed by atoms with Crippen molar-refractivity contribution in [3.8, 4) is 0 Å². The van der Waals surface area contributed by atoms with E-state index in [1.54, 1.807) is 35.6 Å². The number of amides is 1. The molecule has 24 heavy (non-hydrogen) atoms. The molecule has 1 atom stereocenters. The molecule has 126 valence electrons. The van der Waals surface area contributed by atoms with Gasteiger partial charge >= 0.3 is 5.97 Å². The predicted molar refractivity (Wildman–Crippen MR) is 94.3 cm³/mol. The smallest absolute Gasteiger partial charge is 0.337 e. The van der Waals surface area contributed by atoms with Gasteiger partial charge in [-0.2, -0.15) is 0 Å². The topological polar surface area (TPSA) is 55.4 Å². The third-order valence-corrected chi connectivity index (χ3v) is 5.53. The molecule has 1 fully saturated rings. The first-order valence-electron chi connectivity index (χ1n) is 8.21. The Morgan fingerprint density at radius 1 is 1.12 bits per heavy atom. The second kappa shape index (κ2) is 7.62. The van der Waals surface area contributed by atoms with Crippen molar-refractivity contribution in [3.63, 3.8) is 0 Å². The Morgan fingerprint density at radius 3 is 2.38 bits per heavy atom. The summed E-state index contributed by atoms with van der Waals surface area (Å²) in [7, 11) is 1.34. The molecule has 3 rings (SSSR count). The first kappa shape index (κ1) is 16.7. The molecule has 0 bridgehead atoms. The fourth-order valence-corrected chi connectivity index (χ4v) is 4.15. The predicted octanol–water partition coefficient (Wildman–Crippen LogP) is 4.20. The van der Waals surface area contributed by atoms with Crippen molar-refractivity contribution in [2.75, 3.05) is 7.11 Å². The number of ether oxygens (including phenoxy) is 1. The third kappa shape index (κ3) is 3.67. The highest BCUT2D eigenvalue weighted by Crippen LogP contribution is 2.37. The summed E-state index contributed by atoms with van der Waals surface area (Å²) in [5.74, 6) is 0.00281. The number of carbonyl (C=O) groups excluding carboxylic acids is 2. The number of thiophene rings is 1. The molecule has 1 heterocycles.